The third-order valence-corrected chi connectivity index (χ3v) is 18.9. The summed E-state index contributed by atoms with van der Waals surface area (Å²) in [6.45, 7) is -0.401. The Kier molecular flexibility index (Phi) is 8.06. The second-order valence-electron chi connectivity index (χ2n) is 17.5. The summed E-state index contributed by atoms with van der Waals surface area (Å²) in [5.74, 6) is 2.47. The van der Waals surface area contributed by atoms with Crippen molar-refractivity contribution in [2.75, 3.05) is 0 Å². The molecule has 2 aliphatic rings. The van der Waals surface area contributed by atoms with E-state index in [1.54, 1.807) is 0 Å². The number of ether oxygens (including phenoxy) is 1. The van der Waals surface area contributed by atoms with Crippen LogP contribution in [-0.2, 0) is 0 Å². The number of hydrogen-bond donors (Lipinski definition) is 0. The monoisotopic (exact) mass is 858 g/mol. The first-order chi connectivity index (χ1) is 32.7. The molecule has 0 fully saturated rings. The smallest absolute Gasteiger partial charge is 0.434 e. The Labute approximate surface area is 383 Å². The second kappa shape index (κ2) is 14.3. The predicted octanol–water partition coefficient (Wildman–Crippen LogP) is 10.5. The Morgan fingerprint density at radius 1 is 0.333 bits per heavy atom. The summed E-state index contributed by atoms with van der Waals surface area (Å²) in [5.41, 5.74) is 11.0. The van der Waals surface area contributed by atoms with Crippen molar-refractivity contribution in [3.05, 3.63) is 237 Å². The summed E-state index contributed by atoms with van der Waals surface area (Å²) < 4.78 is 19.5. The summed E-state index contributed by atoms with van der Waals surface area (Å²) in [6, 6.07) is 86.4. The van der Waals surface area contributed by atoms with Crippen LogP contribution in [0.4, 0.5) is 0 Å². The third-order valence-electron chi connectivity index (χ3n) is 14.1. The van der Waals surface area contributed by atoms with Crippen LogP contribution in [-0.4, -0.2) is 24.1 Å². The van der Waals surface area contributed by atoms with Crippen LogP contribution in [0.1, 0.15) is 0 Å². The molecule has 0 atom stereocenters. The molecule has 10 aromatic carbocycles. The van der Waals surface area contributed by atoms with Gasteiger partial charge in [0.25, 0.3) is 0 Å². The Balaban J connectivity index is 1.04. The van der Waals surface area contributed by atoms with Crippen LogP contribution in [0.25, 0.3) is 66.1 Å². The first-order valence-electron chi connectivity index (χ1n) is 22.7. The highest BCUT2D eigenvalue weighted by atomic mass is 28.3. The maximum absolute atomic E-state index is 7.39. The van der Waals surface area contributed by atoms with Gasteiger partial charge in [0.15, 0.2) is 8.07 Å². The van der Waals surface area contributed by atoms with Crippen molar-refractivity contribution in [3.63, 3.8) is 0 Å². The highest BCUT2D eigenvalue weighted by Gasteiger charge is 2.46. The molecule has 0 saturated carbocycles. The van der Waals surface area contributed by atoms with Gasteiger partial charge in [0.05, 0.1) is 22.1 Å². The van der Waals surface area contributed by atoms with E-state index in [0.29, 0.717) is 0 Å². The fraction of sp³-hybridized carbons (Fsp3) is 0. The minimum absolute atomic E-state index is 0.401. The molecule has 308 valence electrons. The van der Waals surface area contributed by atoms with Gasteiger partial charge >= 0.3 is 6.92 Å². The van der Waals surface area contributed by atoms with E-state index in [0.717, 1.165) is 72.7 Å². The Hall–Kier alpha value is -8.32. The van der Waals surface area contributed by atoms with Gasteiger partial charge in [-0.05, 0) is 74.8 Å². The number of nitrogens with zero attached hydrogens (tertiary/aromatic N) is 2. The highest BCUT2D eigenvalue weighted by molar-refractivity contribution is 7.20. The van der Waals surface area contributed by atoms with Crippen molar-refractivity contribution in [3.8, 4) is 39.8 Å². The number of rotatable bonds is 6. The molecule has 0 N–H and O–H groups in total. The van der Waals surface area contributed by atoms with Gasteiger partial charge < -0.3 is 18.5 Å². The van der Waals surface area contributed by atoms with Gasteiger partial charge in [0, 0.05) is 61.5 Å². The summed E-state index contributed by atoms with van der Waals surface area (Å²) >= 11 is 0. The lowest BCUT2D eigenvalue weighted by Gasteiger charge is -2.38. The molecule has 0 radical (unpaired) electrons. The molecule has 2 aliphatic heterocycles. The number of hydrogen-bond acceptors (Lipinski definition) is 2. The van der Waals surface area contributed by atoms with E-state index >= 15 is 0 Å². The number of benzene rings is 10. The van der Waals surface area contributed by atoms with E-state index in [1.807, 2.05) is 0 Å². The highest BCUT2D eigenvalue weighted by Crippen LogP contribution is 2.42. The standard InChI is InChI=1S/C60H39BN2O2Si/c1-4-18-42(19-5-1)66(43-20-6-2-7-21-43,44-22-8-3-9-23-44)45-38-51-50-34-32-40(62-53-28-14-10-24-46(53)47-25-11-15-29-54(47)62)36-57(50)65-61-52-35-33-41(37-58(52)64-59(39-45)60(51)61)63-55-30-16-12-26-48(55)49-27-13-17-31-56(49)63/h1-39H. The molecule has 2 aromatic heterocycles. The third kappa shape index (κ3) is 5.27. The van der Waals surface area contributed by atoms with E-state index in [2.05, 4.69) is 246 Å². The quantitative estimate of drug-likeness (QED) is 0.123. The summed E-state index contributed by atoms with van der Waals surface area (Å²) in [4.78, 5) is 0. The molecule has 0 amide bonds. The molecular formula is C60H39BN2O2Si. The normalized spacial score (nSPS) is 12.8. The zero-order valence-corrected chi connectivity index (χ0v) is 36.8. The van der Waals surface area contributed by atoms with Crippen molar-refractivity contribution < 1.29 is 9.39 Å². The van der Waals surface area contributed by atoms with Gasteiger partial charge in [0.1, 0.15) is 17.2 Å². The maximum Gasteiger partial charge on any atom is 0.434 e. The molecule has 0 saturated heterocycles. The predicted molar refractivity (Wildman–Crippen MR) is 276 cm³/mol. The van der Waals surface area contributed by atoms with Crippen LogP contribution < -0.4 is 41.1 Å². The van der Waals surface area contributed by atoms with Crippen molar-refractivity contribution in [1.82, 2.24) is 9.13 Å². The molecule has 12 aromatic rings. The van der Waals surface area contributed by atoms with E-state index in [-0.39, 0.29) is 0 Å². The lowest BCUT2D eigenvalue weighted by atomic mass is 9.51. The largest absolute Gasteiger partial charge is 0.551 e. The van der Waals surface area contributed by atoms with Crippen molar-refractivity contribution in [2.24, 2.45) is 0 Å². The lowest BCUT2D eigenvalue weighted by molar-refractivity contribution is 0.479. The van der Waals surface area contributed by atoms with Gasteiger partial charge in [-0.15, -0.1) is 0 Å². The van der Waals surface area contributed by atoms with E-state index < -0.39 is 15.0 Å². The zero-order chi connectivity index (χ0) is 43.3. The van der Waals surface area contributed by atoms with Crippen LogP contribution in [0.15, 0.2) is 237 Å². The van der Waals surface area contributed by atoms with Gasteiger partial charge in [-0.3, -0.25) is 0 Å². The molecule has 4 nitrogen and oxygen atoms in total. The molecule has 6 heteroatoms. The number of fused-ring (bicyclic) bond motifs is 10. The van der Waals surface area contributed by atoms with E-state index in [1.165, 1.54) is 42.3 Å². The second-order valence-corrected chi connectivity index (χ2v) is 21.3. The maximum atomic E-state index is 7.39. The van der Waals surface area contributed by atoms with Crippen LogP contribution in [0.2, 0.25) is 0 Å². The topological polar surface area (TPSA) is 28.3 Å². The molecule has 0 spiro atoms. The van der Waals surface area contributed by atoms with Gasteiger partial charge in [-0.25, -0.2) is 0 Å². The average Bonchev–Trinajstić information content (AvgIpc) is 3.90. The van der Waals surface area contributed by atoms with Crippen molar-refractivity contribution in [2.45, 2.75) is 0 Å². The van der Waals surface area contributed by atoms with Crippen molar-refractivity contribution in [1.29, 1.82) is 0 Å². The first-order valence-corrected chi connectivity index (χ1v) is 24.7. The molecule has 0 bridgehead atoms. The SMILES string of the molecule is c1ccc([Si](c2ccccc2)(c2ccccc2)c2cc3c4c(c2)-c2ccc(-n5c6ccccc6c6ccccc65)cc2OB4c2ccc(-n4c5ccccc5c5ccccc54)cc2O3)cc1. The number of para-hydroxylation sites is 4. The first kappa shape index (κ1) is 37.1. The molecular weight excluding hydrogens is 820 g/mol. The van der Waals surface area contributed by atoms with Crippen molar-refractivity contribution >= 4 is 90.3 Å². The van der Waals surface area contributed by atoms with Crippen LogP contribution in [0, 0.1) is 0 Å². The summed E-state index contributed by atoms with van der Waals surface area (Å²) in [6.07, 6.45) is 0. The summed E-state index contributed by atoms with van der Waals surface area (Å²) in [7, 11) is -2.98. The van der Waals surface area contributed by atoms with Gasteiger partial charge in [-0.1, -0.05) is 176 Å². The fourth-order valence-corrected chi connectivity index (χ4v) is 16.1. The van der Waals surface area contributed by atoms with Crippen LogP contribution >= 0.6 is 0 Å². The van der Waals surface area contributed by atoms with E-state index in [4.69, 9.17) is 9.39 Å². The molecule has 0 aliphatic carbocycles. The zero-order valence-electron chi connectivity index (χ0n) is 35.8. The molecule has 66 heavy (non-hydrogen) atoms. The molecule has 0 unspecified atom stereocenters. The Morgan fingerprint density at radius 2 is 0.758 bits per heavy atom. The molecule has 14 rings (SSSR count). The van der Waals surface area contributed by atoms with E-state index in [9.17, 15) is 0 Å². The molecule has 4 heterocycles. The van der Waals surface area contributed by atoms with Crippen LogP contribution in [0.5, 0.6) is 17.2 Å². The minimum Gasteiger partial charge on any atom is -0.551 e. The average molecular weight is 859 g/mol. The lowest BCUT2D eigenvalue weighted by Crippen LogP contribution is -2.75. The summed E-state index contributed by atoms with van der Waals surface area (Å²) in [5, 5.41) is 10.1. The number of aromatic nitrogens is 2. The minimum atomic E-state index is -2.98. The Bertz CT molecular complexity index is 3700. The van der Waals surface area contributed by atoms with Gasteiger partial charge in [0.2, 0.25) is 0 Å². The van der Waals surface area contributed by atoms with Crippen LogP contribution in [0.3, 0.4) is 0 Å². The fourth-order valence-electron chi connectivity index (χ4n) is 11.3. The van der Waals surface area contributed by atoms with Gasteiger partial charge in [-0.2, -0.15) is 0 Å². The Morgan fingerprint density at radius 3 is 1.24 bits per heavy atom.